The minimum atomic E-state index is -0.168. The van der Waals surface area contributed by atoms with Crippen molar-refractivity contribution in [2.24, 2.45) is 23.7 Å². The van der Waals surface area contributed by atoms with Crippen LogP contribution in [0.25, 0.3) is 0 Å². The van der Waals surface area contributed by atoms with Crippen molar-refractivity contribution in [3.8, 4) is 0 Å². The van der Waals surface area contributed by atoms with Gasteiger partial charge in [0, 0.05) is 38.4 Å². The van der Waals surface area contributed by atoms with E-state index in [-0.39, 0.29) is 35.5 Å². The number of carbonyl (C=O) groups is 2. The van der Waals surface area contributed by atoms with Crippen LogP contribution >= 0.6 is 0 Å². The molecule has 3 rings (SSSR count). The summed E-state index contributed by atoms with van der Waals surface area (Å²) in [5, 5.41) is 0. The summed E-state index contributed by atoms with van der Waals surface area (Å²) in [4.78, 5) is 29.3. The molecule has 1 fully saturated rings. The van der Waals surface area contributed by atoms with Crippen molar-refractivity contribution >= 4 is 17.6 Å². The Labute approximate surface area is 155 Å². The summed E-state index contributed by atoms with van der Waals surface area (Å²) in [7, 11) is 3.95. The van der Waals surface area contributed by atoms with E-state index >= 15 is 0 Å². The zero-order valence-corrected chi connectivity index (χ0v) is 16.0. The molecule has 1 heterocycles. The first-order valence-electron chi connectivity index (χ1n) is 9.34. The fraction of sp³-hybridized carbons (Fsp3) is 0.524. The lowest BCUT2D eigenvalue weighted by Gasteiger charge is -2.31. The molecule has 5 nitrogen and oxygen atoms in total. The topological polar surface area (TPSA) is 49.9 Å². The van der Waals surface area contributed by atoms with Crippen molar-refractivity contribution in [3.05, 3.63) is 42.0 Å². The van der Waals surface area contributed by atoms with Gasteiger partial charge in [-0.25, -0.2) is 0 Å². The summed E-state index contributed by atoms with van der Waals surface area (Å²) in [6, 6.07) is 7.67. The second-order valence-corrected chi connectivity index (χ2v) is 7.50. The standard InChI is InChI=1S/C21H28N2O3/c1-5-26-21(25)19-14(2)6-7-16-12-23(13-18(16)19)20(24)15-8-10-17(11-9-15)22(3)4/h6-11,14,16,18-19H,5,12-13H2,1-4H3/t14-,16-,18-,19-/m0/s1. The van der Waals surface area contributed by atoms with Crippen LogP contribution in [0.2, 0.25) is 0 Å². The molecule has 1 saturated heterocycles. The number of benzene rings is 1. The third kappa shape index (κ3) is 3.48. The number of amides is 1. The summed E-state index contributed by atoms with van der Waals surface area (Å²) >= 11 is 0. The first kappa shape index (κ1) is 18.5. The van der Waals surface area contributed by atoms with E-state index in [0.29, 0.717) is 25.3 Å². The average Bonchev–Trinajstić information content (AvgIpc) is 3.05. The molecule has 0 N–H and O–H groups in total. The van der Waals surface area contributed by atoms with E-state index in [1.165, 1.54) is 0 Å². The van der Waals surface area contributed by atoms with E-state index in [9.17, 15) is 9.59 Å². The average molecular weight is 356 g/mol. The predicted octanol–water partition coefficient (Wildman–Crippen LogP) is 2.83. The van der Waals surface area contributed by atoms with Gasteiger partial charge >= 0.3 is 5.97 Å². The Morgan fingerprint density at radius 2 is 1.85 bits per heavy atom. The molecule has 140 valence electrons. The largest absolute Gasteiger partial charge is 0.466 e. The Kier molecular flexibility index (Phi) is 5.35. The van der Waals surface area contributed by atoms with Crippen LogP contribution in [-0.2, 0) is 9.53 Å². The van der Waals surface area contributed by atoms with Crippen molar-refractivity contribution in [1.29, 1.82) is 0 Å². The molecular formula is C21H28N2O3. The molecule has 1 aromatic rings. The van der Waals surface area contributed by atoms with Crippen LogP contribution in [0.15, 0.2) is 36.4 Å². The maximum absolute atomic E-state index is 12.9. The maximum atomic E-state index is 12.9. The van der Waals surface area contributed by atoms with Gasteiger partial charge < -0.3 is 14.5 Å². The number of rotatable bonds is 4. The number of esters is 1. The third-order valence-electron chi connectivity index (χ3n) is 5.58. The molecule has 5 heteroatoms. The van der Waals surface area contributed by atoms with Crippen molar-refractivity contribution in [2.75, 3.05) is 38.7 Å². The van der Waals surface area contributed by atoms with E-state index in [1.54, 1.807) is 0 Å². The highest BCUT2D eigenvalue weighted by Crippen LogP contribution is 2.40. The SMILES string of the molecule is CCOC(=O)[C@@H]1[C@H]2CN(C(=O)c3ccc(N(C)C)cc3)C[C@@H]2C=C[C@@H]1C. The van der Waals surface area contributed by atoms with Gasteiger partial charge in [0.15, 0.2) is 0 Å². The van der Waals surface area contributed by atoms with E-state index in [1.807, 2.05) is 55.1 Å². The number of fused-ring (bicyclic) bond motifs is 1. The summed E-state index contributed by atoms with van der Waals surface area (Å²) < 4.78 is 5.29. The molecule has 1 aromatic carbocycles. The summed E-state index contributed by atoms with van der Waals surface area (Å²) in [5.74, 6) is 0.241. The molecule has 0 aromatic heterocycles. The second-order valence-electron chi connectivity index (χ2n) is 7.50. The third-order valence-corrected chi connectivity index (χ3v) is 5.58. The normalized spacial score (nSPS) is 27.2. The highest BCUT2D eigenvalue weighted by Gasteiger charge is 2.45. The number of hydrogen-bond acceptors (Lipinski definition) is 4. The lowest BCUT2D eigenvalue weighted by molar-refractivity contribution is -0.152. The lowest BCUT2D eigenvalue weighted by Crippen LogP contribution is -2.37. The molecule has 4 atom stereocenters. The fourth-order valence-corrected chi connectivity index (χ4v) is 4.14. The smallest absolute Gasteiger partial charge is 0.309 e. The van der Waals surface area contributed by atoms with Crippen LogP contribution in [0.3, 0.4) is 0 Å². The van der Waals surface area contributed by atoms with Gasteiger partial charge in [-0.1, -0.05) is 19.1 Å². The Hall–Kier alpha value is -2.30. The van der Waals surface area contributed by atoms with Crippen LogP contribution in [-0.4, -0.2) is 50.6 Å². The van der Waals surface area contributed by atoms with E-state index in [4.69, 9.17) is 4.74 Å². The zero-order chi connectivity index (χ0) is 18.8. The van der Waals surface area contributed by atoms with Gasteiger partial charge in [0.2, 0.25) is 0 Å². The quantitative estimate of drug-likeness (QED) is 0.615. The molecule has 26 heavy (non-hydrogen) atoms. The number of allylic oxidation sites excluding steroid dienone is 1. The Morgan fingerprint density at radius 1 is 1.15 bits per heavy atom. The number of carbonyl (C=O) groups excluding carboxylic acids is 2. The van der Waals surface area contributed by atoms with E-state index in [0.717, 1.165) is 5.69 Å². The Bertz CT molecular complexity index is 696. The summed E-state index contributed by atoms with van der Waals surface area (Å²) in [6.45, 7) is 5.55. The number of nitrogens with zero attached hydrogens (tertiary/aromatic N) is 2. The van der Waals surface area contributed by atoms with E-state index in [2.05, 4.69) is 19.1 Å². The maximum Gasteiger partial charge on any atom is 0.309 e. The van der Waals surface area contributed by atoms with Crippen molar-refractivity contribution in [1.82, 2.24) is 4.90 Å². The van der Waals surface area contributed by atoms with Gasteiger partial charge in [-0.3, -0.25) is 9.59 Å². The highest BCUT2D eigenvalue weighted by molar-refractivity contribution is 5.95. The first-order chi connectivity index (χ1) is 12.4. The summed E-state index contributed by atoms with van der Waals surface area (Å²) in [6.07, 6.45) is 4.27. The predicted molar refractivity (Wildman–Crippen MR) is 102 cm³/mol. The molecule has 1 aliphatic heterocycles. The van der Waals surface area contributed by atoms with Crippen LogP contribution in [0.1, 0.15) is 24.2 Å². The highest BCUT2D eigenvalue weighted by atomic mass is 16.5. The molecule has 2 aliphatic rings. The van der Waals surface area contributed by atoms with Crippen molar-refractivity contribution < 1.29 is 14.3 Å². The van der Waals surface area contributed by atoms with E-state index < -0.39 is 0 Å². The van der Waals surface area contributed by atoms with Gasteiger partial charge in [-0.2, -0.15) is 0 Å². The Balaban J connectivity index is 1.75. The number of likely N-dealkylation sites (tertiary alicyclic amines) is 1. The molecule has 0 radical (unpaired) electrons. The minimum Gasteiger partial charge on any atom is -0.466 e. The van der Waals surface area contributed by atoms with Crippen molar-refractivity contribution in [3.63, 3.8) is 0 Å². The molecule has 0 bridgehead atoms. The minimum absolute atomic E-state index is 0.0355. The van der Waals surface area contributed by atoms with Gasteiger partial charge in [-0.15, -0.1) is 0 Å². The van der Waals surface area contributed by atoms with Crippen LogP contribution in [0.5, 0.6) is 0 Å². The molecule has 0 saturated carbocycles. The van der Waals surface area contributed by atoms with Gasteiger partial charge in [0.05, 0.1) is 12.5 Å². The number of anilines is 1. The number of ether oxygens (including phenoxy) is 1. The first-order valence-corrected chi connectivity index (χ1v) is 9.34. The monoisotopic (exact) mass is 356 g/mol. The molecule has 1 amide bonds. The molecule has 0 unspecified atom stereocenters. The van der Waals surface area contributed by atoms with Gasteiger partial charge in [0.1, 0.15) is 0 Å². The molecular weight excluding hydrogens is 328 g/mol. The van der Waals surface area contributed by atoms with Crippen molar-refractivity contribution in [2.45, 2.75) is 13.8 Å². The zero-order valence-electron chi connectivity index (χ0n) is 16.0. The number of hydrogen-bond donors (Lipinski definition) is 0. The van der Waals surface area contributed by atoms with Crippen LogP contribution in [0, 0.1) is 23.7 Å². The second kappa shape index (κ2) is 7.52. The fourth-order valence-electron chi connectivity index (χ4n) is 4.14. The molecule has 1 aliphatic carbocycles. The lowest BCUT2D eigenvalue weighted by atomic mass is 9.72. The van der Waals surface area contributed by atoms with Gasteiger partial charge in [-0.05, 0) is 48.9 Å². The summed E-state index contributed by atoms with van der Waals surface area (Å²) in [5.41, 5.74) is 1.76. The van der Waals surface area contributed by atoms with Crippen LogP contribution < -0.4 is 4.90 Å². The Morgan fingerprint density at radius 3 is 2.46 bits per heavy atom. The van der Waals surface area contributed by atoms with Crippen LogP contribution in [0.4, 0.5) is 5.69 Å². The molecule has 0 spiro atoms. The van der Waals surface area contributed by atoms with Gasteiger partial charge in [0.25, 0.3) is 5.91 Å².